The van der Waals surface area contributed by atoms with Crippen LogP contribution in [0.2, 0.25) is 0 Å². The van der Waals surface area contributed by atoms with Crippen molar-refractivity contribution in [1.29, 1.82) is 0 Å². The molecule has 0 heterocycles. The van der Waals surface area contributed by atoms with Crippen molar-refractivity contribution in [2.45, 2.75) is 19.4 Å². The Hall–Kier alpha value is -0.910. The number of carbonyl (C=O) groups excluding carboxylic acids is 1. The van der Waals surface area contributed by atoms with Crippen LogP contribution in [0.5, 0.6) is 0 Å². The average Bonchev–Trinajstić information content (AvgIpc) is 2.29. The van der Waals surface area contributed by atoms with Gasteiger partial charge in [-0.2, -0.15) is 0 Å². The van der Waals surface area contributed by atoms with Gasteiger partial charge in [0, 0.05) is 29.2 Å². The van der Waals surface area contributed by atoms with Gasteiger partial charge in [0.1, 0.15) is 0 Å². The Morgan fingerprint density at radius 2 is 2.06 bits per heavy atom. The van der Waals surface area contributed by atoms with Crippen molar-refractivity contribution in [3.63, 3.8) is 0 Å². The lowest BCUT2D eigenvalue weighted by Gasteiger charge is -2.12. The van der Waals surface area contributed by atoms with E-state index in [9.17, 15) is 4.79 Å². The highest BCUT2D eigenvalue weighted by atomic mass is 79.9. The minimum atomic E-state index is -0.0368. The molecule has 0 fully saturated rings. The second kappa shape index (κ2) is 7.42. The van der Waals surface area contributed by atoms with E-state index in [4.69, 9.17) is 5.11 Å². The molecule has 0 spiro atoms. The summed E-state index contributed by atoms with van der Waals surface area (Å²) in [5.41, 5.74) is 0.785. The fraction of sp³-hybridized carbons (Fsp3) is 0.417. The van der Waals surface area contributed by atoms with Gasteiger partial charge in [0.2, 0.25) is 5.91 Å². The molecule has 1 atom stereocenters. The first-order valence-corrected chi connectivity index (χ1v) is 6.31. The van der Waals surface area contributed by atoms with Crippen molar-refractivity contribution in [3.8, 4) is 0 Å². The number of benzene rings is 1. The van der Waals surface area contributed by atoms with E-state index in [-0.39, 0.29) is 18.6 Å². The van der Waals surface area contributed by atoms with E-state index < -0.39 is 0 Å². The predicted molar refractivity (Wildman–Crippen MR) is 71.9 cm³/mol. The van der Waals surface area contributed by atoms with Crippen molar-refractivity contribution in [2.24, 2.45) is 0 Å². The number of nitrogens with one attached hydrogen (secondary N) is 2. The quantitative estimate of drug-likeness (QED) is 0.750. The van der Waals surface area contributed by atoms with Gasteiger partial charge in [-0.15, -0.1) is 0 Å². The molecule has 0 aliphatic heterocycles. The van der Waals surface area contributed by atoms with Crippen molar-refractivity contribution >= 4 is 27.5 Å². The van der Waals surface area contributed by atoms with E-state index >= 15 is 0 Å². The van der Waals surface area contributed by atoms with Crippen LogP contribution in [-0.2, 0) is 4.79 Å². The Morgan fingerprint density at radius 1 is 1.41 bits per heavy atom. The fourth-order valence-corrected chi connectivity index (χ4v) is 1.67. The molecule has 1 unspecified atom stereocenters. The van der Waals surface area contributed by atoms with E-state index in [0.717, 1.165) is 10.2 Å². The largest absolute Gasteiger partial charge is 0.395 e. The maximum Gasteiger partial charge on any atom is 0.225 e. The molecule has 5 heteroatoms. The molecule has 94 valence electrons. The molecular formula is C12H17BrN2O2. The van der Waals surface area contributed by atoms with Crippen molar-refractivity contribution in [3.05, 3.63) is 28.7 Å². The van der Waals surface area contributed by atoms with Crippen LogP contribution in [0.15, 0.2) is 28.7 Å². The molecule has 0 saturated carbocycles. The topological polar surface area (TPSA) is 61.4 Å². The second-order valence-corrected chi connectivity index (χ2v) is 4.75. The molecule has 0 radical (unpaired) electrons. The van der Waals surface area contributed by atoms with Gasteiger partial charge in [0.25, 0.3) is 0 Å². The number of carbonyl (C=O) groups is 1. The Morgan fingerprint density at radius 3 is 2.65 bits per heavy atom. The number of rotatable bonds is 6. The monoisotopic (exact) mass is 300 g/mol. The highest BCUT2D eigenvalue weighted by Crippen LogP contribution is 2.14. The standard InChI is InChI=1S/C12H17BrN2O2/c1-9(14-6-7-16)8-12(17)15-11-4-2-10(13)3-5-11/h2-5,9,14,16H,6-8H2,1H3,(H,15,17). The highest BCUT2D eigenvalue weighted by Gasteiger charge is 2.08. The molecule has 17 heavy (non-hydrogen) atoms. The molecule has 1 amide bonds. The smallest absolute Gasteiger partial charge is 0.225 e. The Labute approximate surface area is 110 Å². The molecule has 4 nitrogen and oxygen atoms in total. The number of hydrogen-bond donors (Lipinski definition) is 3. The summed E-state index contributed by atoms with van der Waals surface area (Å²) < 4.78 is 0.980. The molecular weight excluding hydrogens is 284 g/mol. The molecule has 0 aromatic heterocycles. The Balaban J connectivity index is 2.36. The van der Waals surface area contributed by atoms with Gasteiger partial charge >= 0.3 is 0 Å². The summed E-state index contributed by atoms with van der Waals surface area (Å²) in [7, 11) is 0. The summed E-state index contributed by atoms with van der Waals surface area (Å²) >= 11 is 3.33. The Kier molecular flexibility index (Phi) is 6.18. The number of anilines is 1. The third-order valence-corrected chi connectivity index (χ3v) is 2.75. The maximum atomic E-state index is 11.6. The molecule has 0 aliphatic carbocycles. The average molecular weight is 301 g/mol. The van der Waals surface area contributed by atoms with Crippen LogP contribution in [-0.4, -0.2) is 30.2 Å². The lowest BCUT2D eigenvalue weighted by Crippen LogP contribution is -2.32. The van der Waals surface area contributed by atoms with Gasteiger partial charge in [-0.3, -0.25) is 4.79 Å². The van der Waals surface area contributed by atoms with Crippen LogP contribution in [0, 0.1) is 0 Å². The maximum absolute atomic E-state index is 11.6. The zero-order chi connectivity index (χ0) is 12.7. The molecule has 1 rings (SSSR count). The molecule has 3 N–H and O–H groups in total. The molecule has 0 saturated heterocycles. The first kappa shape index (κ1) is 14.2. The number of hydrogen-bond acceptors (Lipinski definition) is 3. The SMILES string of the molecule is CC(CC(=O)Nc1ccc(Br)cc1)NCCO. The second-order valence-electron chi connectivity index (χ2n) is 3.84. The molecule has 1 aromatic rings. The summed E-state index contributed by atoms with van der Waals surface area (Å²) in [5.74, 6) is -0.0368. The van der Waals surface area contributed by atoms with Gasteiger partial charge in [-0.1, -0.05) is 15.9 Å². The van der Waals surface area contributed by atoms with E-state index in [1.807, 2.05) is 31.2 Å². The summed E-state index contributed by atoms with van der Waals surface area (Å²) in [5, 5.41) is 14.5. The first-order chi connectivity index (χ1) is 8.11. The van der Waals surface area contributed by atoms with Crippen molar-refractivity contribution in [2.75, 3.05) is 18.5 Å². The van der Waals surface area contributed by atoms with E-state index in [2.05, 4.69) is 26.6 Å². The van der Waals surface area contributed by atoms with Crippen LogP contribution in [0.25, 0.3) is 0 Å². The van der Waals surface area contributed by atoms with Gasteiger partial charge in [-0.25, -0.2) is 0 Å². The molecule has 0 bridgehead atoms. The number of aliphatic hydroxyl groups is 1. The lowest BCUT2D eigenvalue weighted by molar-refractivity contribution is -0.116. The summed E-state index contributed by atoms with van der Waals surface area (Å²) in [6, 6.07) is 7.49. The van der Waals surface area contributed by atoms with Crippen LogP contribution >= 0.6 is 15.9 Å². The fourth-order valence-electron chi connectivity index (χ4n) is 1.41. The zero-order valence-electron chi connectivity index (χ0n) is 9.74. The van der Waals surface area contributed by atoms with E-state index in [1.54, 1.807) is 0 Å². The third kappa shape index (κ3) is 5.81. The van der Waals surface area contributed by atoms with Crippen LogP contribution in [0.1, 0.15) is 13.3 Å². The van der Waals surface area contributed by atoms with Gasteiger partial charge in [-0.05, 0) is 31.2 Å². The zero-order valence-corrected chi connectivity index (χ0v) is 11.3. The number of halogens is 1. The summed E-state index contributed by atoms with van der Waals surface area (Å²) in [6.45, 7) is 2.50. The van der Waals surface area contributed by atoms with Crippen molar-refractivity contribution < 1.29 is 9.90 Å². The van der Waals surface area contributed by atoms with Crippen LogP contribution in [0.4, 0.5) is 5.69 Å². The van der Waals surface area contributed by atoms with Crippen LogP contribution < -0.4 is 10.6 Å². The third-order valence-electron chi connectivity index (χ3n) is 2.22. The number of aliphatic hydroxyl groups excluding tert-OH is 1. The van der Waals surface area contributed by atoms with E-state index in [1.165, 1.54) is 0 Å². The first-order valence-electron chi connectivity index (χ1n) is 5.51. The predicted octanol–water partition coefficient (Wildman–Crippen LogP) is 1.75. The minimum absolute atomic E-state index is 0.0368. The summed E-state index contributed by atoms with van der Waals surface area (Å²) in [4.78, 5) is 11.6. The summed E-state index contributed by atoms with van der Waals surface area (Å²) in [6.07, 6.45) is 0.385. The van der Waals surface area contributed by atoms with E-state index in [0.29, 0.717) is 13.0 Å². The minimum Gasteiger partial charge on any atom is -0.395 e. The normalized spacial score (nSPS) is 12.2. The van der Waals surface area contributed by atoms with Gasteiger partial charge in [0.05, 0.1) is 6.61 Å². The highest BCUT2D eigenvalue weighted by molar-refractivity contribution is 9.10. The molecule has 1 aromatic carbocycles. The van der Waals surface area contributed by atoms with Crippen LogP contribution in [0.3, 0.4) is 0 Å². The number of amides is 1. The Bertz CT molecular complexity index is 354. The van der Waals surface area contributed by atoms with Crippen molar-refractivity contribution in [1.82, 2.24) is 5.32 Å². The lowest BCUT2D eigenvalue weighted by atomic mass is 10.2. The van der Waals surface area contributed by atoms with Gasteiger partial charge in [0.15, 0.2) is 0 Å². The van der Waals surface area contributed by atoms with Gasteiger partial charge < -0.3 is 15.7 Å². The molecule has 0 aliphatic rings.